The summed E-state index contributed by atoms with van der Waals surface area (Å²) in [7, 11) is -3.69. The Morgan fingerprint density at radius 1 is 1.22 bits per heavy atom. The van der Waals surface area contributed by atoms with Crippen LogP contribution in [0.3, 0.4) is 0 Å². The first-order valence-electron chi connectivity index (χ1n) is 7.73. The molecule has 1 aliphatic rings. The molecule has 0 aliphatic heterocycles. The van der Waals surface area contributed by atoms with Gasteiger partial charge in [-0.25, -0.2) is 13.4 Å². The molecule has 0 amide bonds. The van der Waals surface area contributed by atoms with Crippen LogP contribution in [0.25, 0.3) is 0 Å². The number of nitrogens with zero attached hydrogens (tertiary/aromatic N) is 2. The fraction of sp³-hybridized carbons (Fsp3) is 0.467. The highest BCUT2D eigenvalue weighted by Gasteiger charge is 2.22. The lowest BCUT2D eigenvalue weighted by atomic mass is 10.2. The normalized spacial score (nSPS) is 15.7. The fourth-order valence-electron chi connectivity index (χ4n) is 2.97. The predicted octanol–water partition coefficient (Wildman–Crippen LogP) is 2.58. The van der Waals surface area contributed by atoms with E-state index in [0.29, 0.717) is 23.2 Å². The number of rotatable bonds is 5. The molecule has 0 unspecified atom stereocenters. The Labute approximate surface area is 136 Å². The maximum absolute atomic E-state index is 12.4. The SMILES string of the molecule is Cc1n[nH]c(C)c1S(=O)(=O)Nc1ccc(NC2CCCC2)cn1. The van der Waals surface area contributed by atoms with Crippen LogP contribution in [0.4, 0.5) is 11.5 Å². The average Bonchev–Trinajstić information content (AvgIpc) is 3.11. The minimum atomic E-state index is -3.69. The van der Waals surface area contributed by atoms with E-state index in [0.717, 1.165) is 5.69 Å². The Hall–Kier alpha value is -2.09. The Bertz CT molecular complexity index is 757. The summed E-state index contributed by atoms with van der Waals surface area (Å²) in [6.45, 7) is 3.33. The molecule has 2 heterocycles. The number of aromatic amines is 1. The molecule has 0 spiro atoms. The zero-order valence-electron chi connectivity index (χ0n) is 13.3. The molecule has 1 fully saturated rings. The van der Waals surface area contributed by atoms with Crippen molar-refractivity contribution in [3.63, 3.8) is 0 Å². The van der Waals surface area contributed by atoms with Crippen molar-refractivity contribution in [2.75, 3.05) is 10.0 Å². The van der Waals surface area contributed by atoms with Crippen molar-refractivity contribution in [3.8, 4) is 0 Å². The van der Waals surface area contributed by atoms with Crippen molar-refractivity contribution in [1.29, 1.82) is 0 Å². The van der Waals surface area contributed by atoms with Gasteiger partial charge >= 0.3 is 0 Å². The predicted molar refractivity (Wildman–Crippen MR) is 89.0 cm³/mol. The highest BCUT2D eigenvalue weighted by Crippen LogP contribution is 2.23. The standard InChI is InChI=1S/C15H21N5O2S/c1-10-15(11(2)19-18-10)23(21,22)20-14-8-7-13(9-16-14)17-12-5-3-4-6-12/h7-9,12,17H,3-6H2,1-2H3,(H,16,20)(H,18,19). The highest BCUT2D eigenvalue weighted by molar-refractivity contribution is 7.92. The summed E-state index contributed by atoms with van der Waals surface area (Å²) in [6, 6.07) is 4.01. The third-order valence-corrected chi connectivity index (χ3v) is 5.67. The molecule has 7 nitrogen and oxygen atoms in total. The van der Waals surface area contributed by atoms with Gasteiger partial charge in [0.25, 0.3) is 10.0 Å². The minimum Gasteiger partial charge on any atom is -0.381 e. The molecular weight excluding hydrogens is 314 g/mol. The van der Waals surface area contributed by atoms with Crippen LogP contribution < -0.4 is 10.0 Å². The van der Waals surface area contributed by atoms with Crippen molar-refractivity contribution < 1.29 is 8.42 Å². The van der Waals surface area contributed by atoms with Crippen LogP contribution in [0.1, 0.15) is 37.1 Å². The van der Waals surface area contributed by atoms with E-state index in [1.807, 2.05) is 6.07 Å². The summed E-state index contributed by atoms with van der Waals surface area (Å²) in [5, 5.41) is 10.0. The molecule has 0 atom stereocenters. The van der Waals surface area contributed by atoms with Gasteiger partial charge in [-0.1, -0.05) is 12.8 Å². The van der Waals surface area contributed by atoms with E-state index in [2.05, 4.69) is 25.2 Å². The number of hydrogen-bond acceptors (Lipinski definition) is 5. The number of anilines is 2. The monoisotopic (exact) mass is 335 g/mol. The Kier molecular flexibility index (Phi) is 4.25. The third-order valence-electron chi connectivity index (χ3n) is 4.06. The van der Waals surface area contributed by atoms with Gasteiger partial charge in [-0.15, -0.1) is 0 Å². The number of hydrogen-bond donors (Lipinski definition) is 3. The molecular formula is C15H21N5O2S. The first kappa shape index (κ1) is 15.8. The molecule has 3 N–H and O–H groups in total. The number of pyridine rings is 1. The van der Waals surface area contributed by atoms with Gasteiger partial charge in [0.1, 0.15) is 10.7 Å². The second kappa shape index (κ2) is 6.19. The number of sulfonamides is 1. The van der Waals surface area contributed by atoms with Gasteiger partial charge < -0.3 is 5.32 Å². The molecule has 2 aromatic heterocycles. The average molecular weight is 335 g/mol. The summed E-state index contributed by atoms with van der Waals surface area (Å²) >= 11 is 0. The lowest BCUT2D eigenvalue weighted by molar-refractivity contribution is 0.600. The van der Waals surface area contributed by atoms with E-state index in [-0.39, 0.29) is 4.90 Å². The summed E-state index contributed by atoms with van der Waals surface area (Å²) in [4.78, 5) is 4.37. The van der Waals surface area contributed by atoms with Gasteiger partial charge in [-0.3, -0.25) is 9.82 Å². The summed E-state index contributed by atoms with van der Waals surface area (Å²) in [5.74, 6) is 0.293. The van der Waals surface area contributed by atoms with Gasteiger partial charge in [0.15, 0.2) is 0 Å². The highest BCUT2D eigenvalue weighted by atomic mass is 32.2. The maximum atomic E-state index is 12.4. The van der Waals surface area contributed by atoms with Gasteiger partial charge in [0.05, 0.1) is 23.3 Å². The van der Waals surface area contributed by atoms with Crippen molar-refractivity contribution in [2.24, 2.45) is 0 Å². The van der Waals surface area contributed by atoms with E-state index in [4.69, 9.17) is 0 Å². The van der Waals surface area contributed by atoms with Crippen molar-refractivity contribution >= 4 is 21.5 Å². The molecule has 124 valence electrons. The molecule has 0 aromatic carbocycles. The minimum absolute atomic E-state index is 0.174. The zero-order chi connectivity index (χ0) is 16.4. The lowest BCUT2D eigenvalue weighted by Crippen LogP contribution is -2.16. The zero-order valence-corrected chi connectivity index (χ0v) is 14.1. The number of H-pyrrole nitrogens is 1. The van der Waals surface area contributed by atoms with Crippen LogP contribution in [-0.4, -0.2) is 29.6 Å². The lowest BCUT2D eigenvalue weighted by Gasteiger charge is -2.13. The fourth-order valence-corrected chi connectivity index (χ4v) is 4.35. The van der Waals surface area contributed by atoms with Gasteiger partial charge in [0, 0.05) is 6.04 Å². The second-order valence-electron chi connectivity index (χ2n) is 5.93. The molecule has 0 radical (unpaired) electrons. The van der Waals surface area contributed by atoms with Crippen LogP contribution in [0, 0.1) is 13.8 Å². The van der Waals surface area contributed by atoms with Gasteiger partial charge in [0.2, 0.25) is 0 Å². The summed E-state index contributed by atoms with van der Waals surface area (Å²) < 4.78 is 27.4. The smallest absolute Gasteiger partial charge is 0.266 e. The van der Waals surface area contributed by atoms with Crippen molar-refractivity contribution in [3.05, 3.63) is 29.7 Å². The van der Waals surface area contributed by atoms with Crippen LogP contribution in [0.5, 0.6) is 0 Å². The van der Waals surface area contributed by atoms with E-state index in [1.165, 1.54) is 25.7 Å². The molecule has 1 aliphatic carbocycles. The first-order chi connectivity index (χ1) is 11.0. The molecule has 0 bridgehead atoms. The van der Waals surface area contributed by atoms with E-state index < -0.39 is 10.0 Å². The molecule has 23 heavy (non-hydrogen) atoms. The van der Waals surface area contributed by atoms with E-state index in [1.54, 1.807) is 26.1 Å². The second-order valence-corrected chi connectivity index (χ2v) is 7.55. The summed E-state index contributed by atoms with van der Waals surface area (Å²) in [6.07, 6.45) is 6.52. The number of aromatic nitrogens is 3. The first-order valence-corrected chi connectivity index (χ1v) is 9.21. The van der Waals surface area contributed by atoms with Gasteiger partial charge in [-0.05, 0) is 38.8 Å². The van der Waals surface area contributed by atoms with Gasteiger partial charge in [-0.2, -0.15) is 5.10 Å². The Balaban J connectivity index is 1.72. The number of nitrogens with one attached hydrogen (secondary N) is 3. The molecule has 3 rings (SSSR count). The molecule has 2 aromatic rings. The molecule has 8 heteroatoms. The van der Waals surface area contributed by atoms with Crippen molar-refractivity contribution in [2.45, 2.75) is 50.5 Å². The maximum Gasteiger partial charge on any atom is 0.266 e. The Morgan fingerprint density at radius 3 is 2.52 bits per heavy atom. The number of aryl methyl sites for hydroxylation is 2. The van der Waals surface area contributed by atoms with Crippen LogP contribution in [0.15, 0.2) is 23.2 Å². The van der Waals surface area contributed by atoms with Crippen molar-refractivity contribution in [1.82, 2.24) is 15.2 Å². The summed E-state index contributed by atoms with van der Waals surface area (Å²) in [5.41, 5.74) is 1.86. The largest absolute Gasteiger partial charge is 0.381 e. The van der Waals surface area contributed by atoms with Crippen LogP contribution in [-0.2, 0) is 10.0 Å². The molecule has 1 saturated carbocycles. The van der Waals surface area contributed by atoms with Crippen LogP contribution in [0.2, 0.25) is 0 Å². The molecule has 0 saturated heterocycles. The van der Waals surface area contributed by atoms with E-state index >= 15 is 0 Å². The van der Waals surface area contributed by atoms with E-state index in [9.17, 15) is 8.42 Å². The Morgan fingerprint density at radius 2 is 1.96 bits per heavy atom. The van der Waals surface area contributed by atoms with Crippen LogP contribution >= 0.6 is 0 Å². The third kappa shape index (κ3) is 3.47. The quantitative estimate of drug-likeness (QED) is 0.780. The topological polar surface area (TPSA) is 99.8 Å².